The number of benzene rings is 1. The third kappa shape index (κ3) is 2.32. The first-order valence-corrected chi connectivity index (χ1v) is 5.23. The number of nitrogen functional groups attached to an aromatic ring is 1. The number of nitriles is 1. The number of nitrogens with one attached hydrogen (secondary N) is 1. The first kappa shape index (κ1) is 11.3. The van der Waals surface area contributed by atoms with Crippen molar-refractivity contribution in [2.75, 3.05) is 11.1 Å². The van der Waals surface area contributed by atoms with Gasteiger partial charge < -0.3 is 11.1 Å². The highest BCUT2D eigenvalue weighted by Gasteiger charge is 2.08. The minimum atomic E-state index is 0.486. The van der Waals surface area contributed by atoms with Crippen LogP contribution in [0.25, 0.3) is 0 Å². The summed E-state index contributed by atoms with van der Waals surface area (Å²) in [5.74, 6) is 0.506. The SMILES string of the molecule is Cn1cc(N)c(Nc2cc(Cl)ccc2C#N)n1. The van der Waals surface area contributed by atoms with Gasteiger partial charge in [0.05, 0.1) is 16.9 Å². The van der Waals surface area contributed by atoms with Crippen LogP contribution in [0.2, 0.25) is 5.02 Å². The molecule has 1 aromatic heterocycles. The van der Waals surface area contributed by atoms with Crippen LogP contribution in [0.15, 0.2) is 24.4 Å². The molecule has 1 aromatic carbocycles. The normalized spacial score (nSPS) is 9.94. The maximum atomic E-state index is 8.97. The average molecular weight is 248 g/mol. The molecule has 1 heterocycles. The van der Waals surface area contributed by atoms with Crippen LogP contribution in [0.1, 0.15) is 5.56 Å². The molecule has 0 aliphatic rings. The van der Waals surface area contributed by atoms with E-state index in [0.717, 1.165) is 0 Å². The topological polar surface area (TPSA) is 79.7 Å². The molecular formula is C11H10ClN5. The molecule has 2 rings (SSSR count). The maximum Gasteiger partial charge on any atom is 0.175 e. The van der Waals surface area contributed by atoms with Crippen LogP contribution < -0.4 is 11.1 Å². The number of hydrogen-bond donors (Lipinski definition) is 2. The summed E-state index contributed by atoms with van der Waals surface area (Å²) in [5.41, 5.74) is 7.34. The molecule has 3 N–H and O–H groups in total. The largest absolute Gasteiger partial charge is 0.394 e. The minimum Gasteiger partial charge on any atom is -0.394 e. The molecule has 0 fully saturated rings. The summed E-state index contributed by atoms with van der Waals surface area (Å²) in [5, 5.41) is 16.6. The number of nitrogens with zero attached hydrogens (tertiary/aromatic N) is 3. The number of halogens is 1. The van der Waals surface area contributed by atoms with E-state index in [1.54, 1.807) is 36.1 Å². The molecule has 0 amide bonds. The maximum absolute atomic E-state index is 8.97. The zero-order chi connectivity index (χ0) is 12.4. The molecule has 0 radical (unpaired) electrons. The second kappa shape index (κ2) is 4.36. The van der Waals surface area contributed by atoms with Gasteiger partial charge in [-0.05, 0) is 18.2 Å². The van der Waals surface area contributed by atoms with E-state index >= 15 is 0 Å². The highest BCUT2D eigenvalue weighted by molar-refractivity contribution is 6.30. The molecule has 5 nitrogen and oxygen atoms in total. The summed E-state index contributed by atoms with van der Waals surface area (Å²) >= 11 is 5.88. The number of aromatic nitrogens is 2. The van der Waals surface area contributed by atoms with Crippen molar-refractivity contribution in [1.82, 2.24) is 9.78 Å². The van der Waals surface area contributed by atoms with Gasteiger partial charge in [-0.2, -0.15) is 10.4 Å². The van der Waals surface area contributed by atoms with Gasteiger partial charge in [-0.25, -0.2) is 0 Å². The Morgan fingerprint density at radius 1 is 1.53 bits per heavy atom. The van der Waals surface area contributed by atoms with Crippen molar-refractivity contribution in [3.8, 4) is 6.07 Å². The molecule has 0 unspecified atom stereocenters. The van der Waals surface area contributed by atoms with Crippen molar-refractivity contribution >= 4 is 28.8 Å². The van der Waals surface area contributed by atoms with Gasteiger partial charge in [0.1, 0.15) is 6.07 Å². The van der Waals surface area contributed by atoms with E-state index in [1.165, 1.54) is 0 Å². The first-order chi connectivity index (χ1) is 8.10. The van der Waals surface area contributed by atoms with Crippen molar-refractivity contribution in [3.63, 3.8) is 0 Å². The van der Waals surface area contributed by atoms with E-state index < -0.39 is 0 Å². The highest BCUT2D eigenvalue weighted by Crippen LogP contribution is 2.26. The van der Waals surface area contributed by atoms with E-state index in [2.05, 4.69) is 16.5 Å². The van der Waals surface area contributed by atoms with Crippen molar-refractivity contribution in [2.45, 2.75) is 0 Å². The van der Waals surface area contributed by atoms with E-state index in [9.17, 15) is 0 Å². The van der Waals surface area contributed by atoms with Gasteiger partial charge in [-0.1, -0.05) is 11.6 Å². The van der Waals surface area contributed by atoms with Crippen LogP contribution in [-0.2, 0) is 7.05 Å². The van der Waals surface area contributed by atoms with Gasteiger partial charge in [0.15, 0.2) is 5.82 Å². The zero-order valence-electron chi connectivity index (χ0n) is 9.11. The Balaban J connectivity index is 2.39. The van der Waals surface area contributed by atoms with Crippen molar-refractivity contribution < 1.29 is 0 Å². The Hall–Kier alpha value is -2.19. The van der Waals surface area contributed by atoms with Crippen LogP contribution in [0, 0.1) is 11.3 Å². The number of anilines is 3. The average Bonchev–Trinajstić information content (AvgIpc) is 2.58. The third-order valence-corrected chi connectivity index (χ3v) is 2.45. The molecule has 86 valence electrons. The van der Waals surface area contributed by atoms with Crippen molar-refractivity contribution in [3.05, 3.63) is 35.0 Å². The summed E-state index contributed by atoms with van der Waals surface area (Å²) in [7, 11) is 1.77. The molecule has 0 atom stereocenters. The molecule has 0 aliphatic carbocycles. The summed E-state index contributed by atoms with van der Waals surface area (Å²) in [6.45, 7) is 0. The van der Waals surface area contributed by atoms with Gasteiger partial charge in [-0.15, -0.1) is 0 Å². The van der Waals surface area contributed by atoms with Crippen molar-refractivity contribution in [1.29, 1.82) is 5.26 Å². The predicted octanol–water partition coefficient (Wildman–Crippen LogP) is 2.27. The van der Waals surface area contributed by atoms with Gasteiger partial charge in [0.25, 0.3) is 0 Å². The fourth-order valence-corrected chi connectivity index (χ4v) is 1.62. The van der Waals surface area contributed by atoms with E-state index in [-0.39, 0.29) is 0 Å². The van der Waals surface area contributed by atoms with Gasteiger partial charge in [0, 0.05) is 18.3 Å². The van der Waals surface area contributed by atoms with Crippen LogP contribution >= 0.6 is 11.6 Å². The zero-order valence-corrected chi connectivity index (χ0v) is 9.86. The Morgan fingerprint density at radius 3 is 2.88 bits per heavy atom. The predicted molar refractivity (Wildman–Crippen MR) is 67.1 cm³/mol. The van der Waals surface area contributed by atoms with Gasteiger partial charge in [0.2, 0.25) is 0 Å². The lowest BCUT2D eigenvalue weighted by Crippen LogP contribution is -1.98. The van der Waals surface area contributed by atoms with Crippen LogP contribution in [0.4, 0.5) is 17.2 Å². The number of aryl methyl sites for hydroxylation is 1. The number of rotatable bonds is 2. The third-order valence-electron chi connectivity index (χ3n) is 2.21. The molecule has 6 heteroatoms. The fraction of sp³-hybridized carbons (Fsp3) is 0.0909. The van der Waals surface area contributed by atoms with Crippen molar-refractivity contribution in [2.24, 2.45) is 7.05 Å². The lowest BCUT2D eigenvalue weighted by Gasteiger charge is -2.06. The quantitative estimate of drug-likeness (QED) is 0.853. The molecule has 17 heavy (non-hydrogen) atoms. The lowest BCUT2D eigenvalue weighted by molar-refractivity contribution is 0.771. The summed E-state index contributed by atoms with van der Waals surface area (Å²) in [6.07, 6.45) is 1.68. The Morgan fingerprint density at radius 2 is 2.29 bits per heavy atom. The highest BCUT2D eigenvalue weighted by atomic mass is 35.5. The van der Waals surface area contributed by atoms with Gasteiger partial charge in [-0.3, -0.25) is 4.68 Å². The molecule has 0 saturated heterocycles. The van der Waals surface area contributed by atoms with E-state index in [1.807, 2.05) is 0 Å². The van der Waals surface area contributed by atoms with E-state index in [0.29, 0.717) is 27.8 Å². The summed E-state index contributed by atoms with van der Waals surface area (Å²) in [6, 6.07) is 7.04. The van der Waals surface area contributed by atoms with E-state index in [4.69, 9.17) is 22.6 Å². The molecule has 0 aliphatic heterocycles. The first-order valence-electron chi connectivity index (χ1n) is 4.86. The number of nitrogens with two attached hydrogens (primary N) is 1. The monoisotopic (exact) mass is 247 g/mol. The Kier molecular flexibility index (Phi) is 2.90. The molecular weight excluding hydrogens is 238 g/mol. The molecule has 2 aromatic rings. The second-order valence-electron chi connectivity index (χ2n) is 3.53. The van der Waals surface area contributed by atoms with Gasteiger partial charge >= 0.3 is 0 Å². The minimum absolute atomic E-state index is 0.486. The van der Waals surface area contributed by atoms with Crippen LogP contribution in [0.3, 0.4) is 0 Å². The summed E-state index contributed by atoms with van der Waals surface area (Å²) in [4.78, 5) is 0. The number of hydrogen-bond acceptors (Lipinski definition) is 4. The standard InChI is InChI=1S/C11H10ClN5/c1-17-6-9(14)11(16-17)15-10-4-8(12)3-2-7(10)5-13/h2-4,6H,14H2,1H3,(H,15,16). The smallest absolute Gasteiger partial charge is 0.175 e. The second-order valence-corrected chi connectivity index (χ2v) is 3.97. The van der Waals surface area contributed by atoms with Crippen LogP contribution in [0.5, 0.6) is 0 Å². The summed E-state index contributed by atoms with van der Waals surface area (Å²) < 4.78 is 1.59. The fourth-order valence-electron chi connectivity index (χ4n) is 1.45. The Labute approximate surface area is 103 Å². The Bertz CT molecular complexity index is 596. The molecule has 0 saturated carbocycles. The van der Waals surface area contributed by atoms with Crippen LogP contribution in [-0.4, -0.2) is 9.78 Å². The molecule has 0 spiro atoms. The lowest BCUT2D eigenvalue weighted by atomic mass is 10.2. The molecule has 0 bridgehead atoms.